The standard InChI is InChI=1S/C17H25BrN2O3/c1-17(2,3)23-16(21)19(4)12-13-5-6-14(18)11-15(13)20-7-9-22-10-8-20/h5-6,11H,7-10,12H2,1-4H3. The van der Waals surface area contributed by atoms with Crippen LogP contribution in [0.1, 0.15) is 26.3 Å². The fourth-order valence-corrected chi connectivity index (χ4v) is 2.78. The summed E-state index contributed by atoms with van der Waals surface area (Å²) in [5.74, 6) is 0. The first-order valence-electron chi connectivity index (χ1n) is 7.81. The van der Waals surface area contributed by atoms with Crippen LogP contribution in [-0.2, 0) is 16.0 Å². The molecule has 0 saturated carbocycles. The quantitative estimate of drug-likeness (QED) is 0.797. The zero-order valence-electron chi connectivity index (χ0n) is 14.3. The smallest absolute Gasteiger partial charge is 0.410 e. The number of anilines is 1. The van der Waals surface area contributed by atoms with Gasteiger partial charge in [0.2, 0.25) is 0 Å². The molecule has 1 aromatic rings. The Balaban J connectivity index is 2.14. The molecule has 0 spiro atoms. The number of nitrogens with zero attached hydrogens (tertiary/aromatic N) is 2. The summed E-state index contributed by atoms with van der Waals surface area (Å²) in [4.78, 5) is 16.1. The van der Waals surface area contributed by atoms with Crippen LogP contribution in [0.2, 0.25) is 0 Å². The van der Waals surface area contributed by atoms with Crippen LogP contribution >= 0.6 is 15.9 Å². The fraction of sp³-hybridized carbons (Fsp3) is 0.588. The second kappa shape index (κ2) is 7.53. The van der Waals surface area contributed by atoms with E-state index in [0.717, 1.165) is 42.0 Å². The van der Waals surface area contributed by atoms with Crippen LogP contribution in [0.4, 0.5) is 10.5 Å². The molecule has 0 aromatic heterocycles. The summed E-state index contributed by atoms with van der Waals surface area (Å²) in [5.41, 5.74) is 1.75. The van der Waals surface area contributed by atoms with Gasteiger partial charge in [-0.05, 0) is 38.5 Å². The second-order valence-corrected chi connectivity index (χ2v) is 7.62. The third-order valence-corrected chi connectivity index (χ3v) is 4.01. The van der Waals surface area contributed by atoms with Crippen molar-refractivity contribution >= 4 is 27.7 Å². The van der Waals surface area contributed by atoms with Crippen LogP contribution < -0.4 is 4.90 Å². The van der Waals surface area contributed by atoms with E-state index < -0.39 is 5.60 Å². The normalized spacial score (nSPS) is 15.4. The summed E-state index contributed by atoms with van der Waals surface area (Å²) in [6.45, 7) is 9.31. The first-order valence-corrected chi connectivity index (χ1v) is 8.61. The molecule has 1 aliphatic heterocycles. The molecule has 5 nitrogen and oxygen atoms in total. The molecule has 0 unspecified atom stereocenters. The lowest BCUT2D eigenvalue weighted by Gasteiger charge is -2.32. The van der Waals surface area contributed by atoms with Crippen molar-refractivity contribution in [1.82, 2.24) is 4.90 Å². The first kappa shape index (κ1) is 18.1. The molecule has 1 fully saturated rings. The summed E-state index contributed by atoms with van der Waals surface area (Å²) < 4.78 is 11.9. The number of hydrogen-bond acceptors (Lipinski definition) is 4. The highest BCUT2D eigenvalue weighted by Crippen LogP contribution is 2.27. The number of ether oxygens (including phenoxy) is 2. The van der Waals surface area contributed by atoms with E-state index >= 15 is 0 Å². The predicted molar refractivity (Wildman–Crippen MR) is 94.9 cm³/mol. The van der Waals surface area contributed by atoms with Crippen molar-refractivity contribution in [2.45, 2.75) is 32.9 Å². The molecule has 0 N–H and O–H groups in total. The highest BCUT2D eigenvalue weighted by Gasteiger charge is 2.22. The molecule has 128 valence electrons. The molecule has 0 bridgehead atoms. The van der Waals surface area contributed by atoms with Gasteiger partial charge in [-0.2, -0.15) is 0 Å². The van der Waals surface area contributed by atoms with E-state index in [9.17, 15) is 4.79 Å². The number of carbonyl (C=O) groups excluding carboxylic acids is 1. The number of carbonyl (C=O) groups is 1. The summed E-state index contributed by atoms with van der Waals surface area (Å²) in [6.07, 6.45) is -0.312. The Hall–Kier alpha value is -1.27. The highest BCUT2D eigenvalue weighted by molar-refractivity contribution is 9.10. The molecular weight excluding hydrogens is 360 g/mol. The lowest BCUT2D eigenvalue weighted by Crippen LogP contribution is -2.38. The van der Waals surface area contributed by atoms with Crippen LogP contribution in [0.25, 0.3) is 0 Å². The maximum Gasteiger partial charge on any atom is 0.410 e. The Morgan fingerprint density at radius 1 is 1.35 bits per heavy atom. The average Bonchev–Trinajstić information content (AvgIpc) is 2.48. The average molecular weight is 385 g/mol. The van der Waals surface area contributed by atoms with Crippen LogP contribution in [-0.4, -0.2) is 49.9 Å². The van der Waals surface area contributed by atoms with Gasteiger partial charge in [-0.25, -0.2) is 4.79 Å². The van der Waals surface area contributed by atoms with Gasteiger partial charge < -0.3 is 19.3 Å². The van der Waals surface area contributed by atoms with Crippen molar-refractivity contribution in [2.75, 3.05) is 38.3 Å². The van der Waals surface area contributed by atoms with E-state index in [2.05, 4.69) is 33.0 Å². The zero-order valence-corrected chi connectivity index (χ0v) is 15.9. The SMILES string of the molecule is CN(Cc1ccc(Br)cc1N1CCOCC1)C(=O)OC(C)(C)C. The van der Waals surface area contributed by atoms with E-state index in [4.69, 9.17) is 9.47 Å². The summed E-state index contributed by atoms with van der Waals surface area (Å²) in [5, 5.41) is 0. The van der Waals surface area contributed by atoms with Gasteiger partial charge in [-0.3, -0.25) is 0 Å². The number of amides is 1. The van der Waals surface area contributed by atoms with Crippen molar-refractivity contribution in [2.24, 2.45) is 0 Å². The molecule has 1 aliphatic rings. The molecule has 1 heterocycles. The Bertz CT molecular complexity index is 551. The van der Waals surface area contributed by atoms with Gasteiger partial charge in [0.15, 0.2) is 0 Å². The topological polar surface area (TPSA) is 42.0 Å². The van der Waals surface area contributed by atoms with E-state index in [0.29, 0.717) is 6.54 Å². The van der Waals surface area contributed by atoms with Crippen LogP contribution in [0.15, 0.2) is 22.7 Å². The lowest BCUT2D eigenvalue weighted by molar-refractivity contribution is 0.0285. The van der Waals surface area contributed by atoms with Crippen molar-refractivity contribution in [1.29, 1.82) is 0 Å². The van der Waals surface area contributed by atoms with Gasteiger partial charge in [0.1, 0.15) is 5.60 Å². The van der Waals surface area contributed by atoms with E-state index in [-0.39, 0.29) is 6.09 Å². The van der Waals surface area contributed by atoms with E-state index in [1.807, 2.05) is 26.8 Å². The Labute approximate surface area is 146 Å². The van der Waals surface area contributed by atoms with Gasteiger partial charge in [-0.15, -0.1) is 0 Å². The molecule has 23 heavy (non-hydrogen) atoms. The molecule has 1 aromatic carbocycles. The summed E-state index contributed by atoms with van der Waals surface area (Å²) in [7, 11) is 1.76. The van der Waals surface area contributed by atoms with Gasteiger partial charge in [0.05, 0.1) is 19.8 Å². The lowest BCUT2D eigenvalue weighted by atomic mass is 10.1. The summed E-state index contributed by atoms with van der Waals surface area (Å²) in [6, 6.07) is 6.15. The van der Waals surface area contributed by atoms with Crippen LogP contribution in [0, 0.1) is 0 Å². The maximum absolute atomic E-state index is 12.2. The molecule has 0 atom stereocenters. The Morgan fingerprint density at radius 2 is 2.00 bits per heavy atom. The molecule has 6 heteroatoms. The number of rotatable bonds is 3. The minimum Gasteiger partial charge on any atom is -0.444 e. The third kappa shape index (κ3) is 5.39. The Kier molecular flexibility index (Phi) is 5.92. The molecule has 1 saturated heterocycles. The van der Waals surface area contributed by atoms with Gasteiger partial charge in [-0.1, -0.05) is 22.0 Å². The molecule has 1 amide bonds. The van der Waals surface area contributed by atoms with Crippen molar-refractivity contribution < 1.29 is 14.3 Å². The summed E-state index contributed by atoms with van der Waals surface area (Å²) >= 11 is 3.53. The van der Waals surface area contributed by atoms with E-state index in [1.165, 1.54) is 0 Å². The van der Waals surface area contributed by atoms with Gasteiger partial charge in [0, 0.05) is 30.3 Å². The maximum atomic E-state index is 12.2. The van der Waals surface area contributed by atoms with Crippen molar-refractivity contribution in [3.05, 3.63) is 28.2 Å². The highest BCUT2D eigenvalue weighted by atomic mass is 79.9. The van der Waals surface area contributed by atoms with Crippen LogP contribution in [0.5, 0.6) is 0 Å². The Morgan fingerprint density at radius 3 is 2.61 bits per heavy atom. The number of hydrogen-bond donors (Lipinski definition) is 0. The first-order chi connectivity index (χ1) is 10.8. The minimum absolute atomic E-state index is 0.312. The zero-order chi connectivity index (χ0) is 17.0. The van der Waals surface area contributed by atoms with Crippen molar-refractivity contribution in [3.8, 4) is 0 Å². The van der Waals surface area contributed by atoms with Crippen LogP contribution in [0.3, 0.4) is 0 Å². The molecule has 2 rings (SSSR count). The van der Waals surface area contributed by atoms with E-state index in [1.54, 1.807) is 11.9 Å². The molecule has 0 radical (unpaired) electrons. The minimum atomic E-state index is -0.488. The molecular formula is C17H25BrN2O3. The second-order valence-electron chi connectivity index (χ2n) is 6.71. The number of morpholine rings is 1. The predicted octanol–water partition coefficient (Wildman–Crippen LogP) is 3.65. The number of benzene rings is 1. The van der Waals surface area contributed by atoms with Gasteiger partial charge >= 0.3 is 6.09 Å². The molecule has 0 aliphatic carbocycles. The fourth-order valence-electron chi connectivity index (χ4n) is 2.43. The monoisotopic (exact) mass is 384 g/mol. The van der Waals surface area contributed by atoms with Gasteiger partial charge in [0.25, 0.3) is 0 Å². The third-order valence-electron chi connectivity index (χ3n) is 3.51. The largest absolute Gasteiger partial charge is 0.444 e. The number of halogens is 1. The van der Waals surface area contributed by atoms with Crippen molar-refractivity contribution in [3.63, 3.8) is 0 Å².